The second-order valence-electron chi connectivity index (χ2n) is 8.06. The second-order valence-corrected chi connectivity index (χ2v) is 10.7. The molecule has 0 atom stereocenters. The van der Waals surface area contributed by atoms with E-state index in [2.05, 4.69) is 6.92 Å². The summed E-state index contributed by atoms with van der Waals surface area (Å²) in [6.45, 7) is 4.03. The van der Waals surface area contributed by atoms with Gasteiger partial charge in [-0.05, 0) is 0 Å². The van der Waals surface area contributed by atoms with Crippen LogP contribution in [-0.2, 0) is 4.79 Å². The van der Waals surface area contributed by atoms with E-state index >= 15 is 0 Å². The van der Waals surface area contributed by atoms with E-state index in [1.807, 2.05) is 0 Å². The van der Waals surface area contributed by atoms with E-state index in [0.29, 0.717) is 4.68 Å². The molecule has 0 radical (unpaired) electrons. The van der Waals surface area contributed by atoms with E-state index in [1.165, 1.54) is 134 Å². The number of carbonyl (C=O) groups excluding carboxylic acids is 1. The Morgan fingerprint density at radius 3 is 1.04 bits per heavy atom. The first kappa shape index (κ1) is 26.2. The predicted octanol–water partition coefficient (Wildman–Crippen LogP) is 8.48. The number of unbranched alkanes of at least 4 members (excludes halogenated alkanes) is 19. The summed E-state index contributed by atoms with van der Waals surface area (Å²) in [6.07, 6.45) is 28.7. The molecule has 0 spiro atoms. The second kappa shape index (κ2) is 23.2. The molecule has 0 aromatic carbocycles. The summed E-state index contributed by atoms with van der Waals surface area (Å²) in [5.74, 6) is 0. The van der Waals surface area contributed by atoms with Crippen molar-refractivity contribution in [3.8, 4) is 0 Å². The van der Waals surface area contributed by atoms with Crippen molar-refractivity contribution in [2.45, 2.75) is 148 Å². The molecular weight excluding hydrogens is 383 g/mol. The van der Waals surface area contributed by atoms with Gasteiger partial charge in [0.25, 0.3) is 0 Å². The molecule has 0 heterocycles. The number of carbonyl (C=O) groups is 1. The van der Waals surface area contributed by atoms with E-state index in [4.69, 9.17) is 0 Å². The molecular formula is C24H48OSe. The minimum atomic E-state index is 0.272. The molecule has 0 bridgehead atoms. The van der Waals surface area contributed by atoms with Crippen LogP contribution < -0.4 is 0 Å². The van der Waals surface area contributed by atoms with Gasteiger partial charge in [0.15, 0.2) is 0 Å². The summed E-state index contributed by atoms with van der Waals surface area (Å²) < 4.78 is 0.412. The molecule has 0 aliphatic heterocycles. The molecule has 0 rings (SSSR count). The quantitative estimate of drug-likeness (QED) is 0.124. The summed E-state index contributed by atoms with van der Waals surface area (Å²) in [7, 11) is 0. The van der Waals surface area contributed by atoms with Crippen LogP contribution in [0.15, 0.2) is 0 Å². The molecule has 0 aliphatic rings. The molecule has 2 heteroatoms. The Morgan fingerprint density at radius 2 is 0.769 bits per heavy atom. The van der Waals surface area contributed by atoms with Crippen LogP contribution >= 0.6 is 0 Å². The van der Waals surface area contributed by atoms with E-state index in [0.717, 1.165) is 0 Å². The van der Waals surface area contributed by atoms with Crippen LogP contribution in [0.3, 0.4) is 0 Å². The zero-order valence-electron chi connectivity index (χ0n) is 18.2. The Hall–Kier alpha value is 0.189. The van der Waals surface area contributed by atoms with Crippen molar-refractivity contribution in [2.24, 2.45) is 0 Å². The third-order valence-electron chi connectivity index (χ3n) is 5.30. The Bertz CT molecular complexity index is 277. The Balaban J connectivity index is 2.98. The van der Waals surface area contributed by atoms with Gasteiger partial charge in [-0.1, -0.05) is 64.7 Å². The van der Waals surface area contributed by atoms with Gasteiger partial charge in [-0.15, -0.1) is 0 Å². The van der Waals surface area contributed by atoms with Crippen molar-refractivity contribution in [3.05, 3.63) is 0 Å². The van der Waals surface area contributed by atoms with Gasteiger partial charge >= 0.3 is 107 Å². The average Bonchev–Trinajstić information content (AvgIpc) is 2.62. The first-order chi connectivity index (χ1) is 12.8. The van der Waals surface area contributed by atoms with Gasteiger partial charge in [0, 0.05) is 0 Å². The predicted molar refractivity (Wildman–Crippen MR) is 119 cm³/mol. The molecule has 156 valence electrons. The van der Waals surface area contributed by atoms with Crippen molar-refractivity contribution in [3.63, 3.8) is 0 Å². The van der Waals surface area contributed by atoms with E-state index < -0.39 is 0 Å². The van der Waals surface area contributed by atoms with Gasteiger partial charge in [-0.2, -0.15) is 0 Å². The maximum absolute atomic E-state index is 10.9. The van der Waals surface area contributed by atoms with Crippen molar-refractivity contribution in [2.75, 3.05) is 0 Å². The van der Waals surface area contributed by atoms with Crippen molar-refractivity contribution < 1.29 is 4.79 Å². The van der Waals surface area contributed by atoms with Gasteiger partial charge < -0.3 is 0 Å². The Labute approximate surface area is 172 Å². The molecule has 0 aromatic heterocycles. The zero-order chi connectivity index (χ0) is 19.1. The molecule has 0 fully saturated rings. The number of hydrogen-bond acceptors (Lipinski definition) is 1. The van der Waals surface area contributed by atoms with Crippen LogP contribution in [0.4, 0.5) is 0 Å². The molecule has 1 nitrogen and oxygen atoms in total. The van der Waals surface area contributed by atoms with Gasteiger partial charge in [0.05, 0.1) is 0 Å². The first-order valence-electron chi connectivity index (χ1n) is 11.9. The molecule has 0 saturated heterocycles. The van der Waals surface area contributed by atoms with E-state index in [-0.39, 0.29) is 15.0 Å². The monoisotopic (exact) mass is 432 g/mol. The summed E-state index contributed by atoms with van der Waals surface area (Å²) in [5, 5.41) is 1.17. The molecule has 0 saturated carbocycles. The van der Waals surface area contributed by atoms with Crippen molar-refractivity contribution in [1.82, 2.24) is 0 Å². The SMILES string of the molecule is CCCCCCCCCCCCCCCCCCCCCC[Se]C(C)=O. The third-order valence-corrected chi connectivity index (χ3v) is 7.19. The zero-order valence-corrected chi connectivity index (χ0v) is 19.9. The van der Waals surface area contributed by atoms with Gasteiger partial charge in [-0.25, -0.2) is 0 Å². The molecule has 26 heavy (non-hydrogen) atoms. The number of rotatable bonds is 22. The molecule has 0 N–H and O–H groups in total. The first-order valence-corrected chi connectivity index (χ1v) is 14.0. The van der Waals surface area contributed by atoms with Gasteiger partial charge in [0.2, 0.25) is 0 Å². The third kappa shape index (κ3) is 24.2. The topological polar surface area (TPSA) is 17.1 Å². The average molecular weight is 432 g/mol. The van der Waals surface area contributed by atoms with Crippen LogP contribution in [-0.4, -0.2) is 19.6 Å². The standard InChI is InChI=1S/C24H48OSe/c1-3-4-5-6-7-8-9-10-11-12-13-14-15-16-17-18-19-20-21-22-23-26-24(2)25/h3-23H2,1-2H3. The van der Waals surface area contributed by atoms with Crippen LogP contribution in [0.5, 0.6) is 0 Å². The summed E-state index contributed by atoms with van der Waals surface area (Å²) >= 11 is 0.272. The summed E-state index contributed by atoms with van der Waals surface area (Å²) in [6, 6.07) is 0. The van der Waals surface area contributed by atoms with Crippen LogP contribution in [0, 0.1) is 0 Å². The van der Waals surface area contributed by atoms with Gasteiger partial charge in [0.1, 0.15) is 0 Å². The molecule has 0 unspecified atom stereocenters. The van der Waals surface area contributed by atoms with Crippen LogP contribution in [0.2, 0.25) is 5.32 Å². The molecule has 0 aromatic rings. The van der Waals surface area contributed by atoms with E-state index in [1.54, 1.807) is 6.92 Å². The van der Waals surface area contributed by atoms with Gasteiger partial charge in [-0.3, -0.25) is 0 Å². The maximum atomic E-state index is 10.9. The summed E-state index contributed by atoms with van der Waals surface area (Å²) in [5.41, 5.74) is 0. The fraction of sp³-hybridized carbons (Fsp3) is 0.958. The number of hydrogen-bond donors (Lipinski definition) is 0. The molecule has 0 amide bonds. The normalized spacial score (nSPS) is 11.2. The summed E-state index contributed by atoms with van der Waals surface area (Å²) in [4.78, 5) is 10.9. The minimum absolute atomic E-state index is 0.272. The van der Waals surface area contributed by atoms with Crippen LogP contribution in [0.1, 0.15) is 142 Å². The van der Waals surface area contributed by atoms with E-state index in [9.17, 15) is 4.79 Å². The van der Waals surface area contributed by atoms with Crippen molar-refractivity contribution >= 4 is 19.6 Å². The van der Waals surface area contributed by atoms with Crippen molar-refractivity contribution in [1.29, 1.82) is 0 Å². The fourth-order valence-corrected chi connectivity index (χ4v) is 4.91. The van der Waals surface area contributed by atoms with Crippen LogP contribution in [0.25, 0.3) is 0 Å². The Morgan fingerprint density at radius 1 is 0.500 bits per heavy atom. The fourth-order valence-electron chi connectivity index (χ4n) is 3.57. The Kier molecular flexibility index (Phi) is 23.4. The molecule has 0 aliphatic carbocycles.